The standard InChI is InChI=1S/C30H25NO5/c1-18-8-9-21-17-24(15-12-20(21)16-18)31(22-6-4-3-5-7-22)23-13-10-19(11-14-23)25-26(32)28(34)30(36-2)29(35)27(25)33/h3-17,32-35H,1-2H3. The van der Waals surface area contributed by atoms with Gasteiger partial charge in [-0.1, -0.05) is 60.2 Å². The minimum absolute atomic E-state index is 0.0929. The van der Waals surface area contributed by atoms with Gasteiger partial charge in [-0.2, -0.15) is 0 Å². The number of aromatic hydroxyl groups is 4. The molecule has 0 atom stereocenters. The molecule has 0 aliphatic rings. The summed E-state index contributed by atoms with van der Waals surface area (Å²) < 4.78 is 4.89. The third kappa shape index (κ3) is 3.88. The monoisotopic (exact) mass is 479 g/mol. The van der Waals surface area contributed by atoms with Crippen molar-refractivity contribution in [1.29, 1.82) is 0 Å². The number of nitrogens with zero attached hydrogens (tertiary/aromatic N) is 1. The molecule has 0 aliphatic heterocycles. The van der Waals surface area contributed by atoms with Crippen molar-refractivity contribution >= 4 is 27.8 Å². The SMILES string of the molecule is COc1c(O)c(O)c(-c2ccc(N(c3ccccc3)c3ccc4cc(C)ccc4c3)cc2)c(O)c1O. The Hall–Kier alpha value is -4.84. The van der Waals surface area contributed by atoms with Gasteiger partial charge in [0.2, 0.25) is 17.2 Å². The van der Waals surface area contributed by atoms with Gasteiger partial charge in [0.25, 0.3) is 0 Å². The number of hydrogen-bond acceptors (Lipinski definition) is 6. The minimum Gasteiger partial charge on any atom is -0.504 e. The maximum Gasteiger partial charge on any atom is 0.210 e. The number of ether oxygens (including phenoxy) is 1. The molecule has 0 unspecified atom stereocenters. The summed E-state index contributed by atoms with van der Waals surface area (Å²) in [6.07, 6.45) is 0. The zero-order chi connectivity index (χ0) is 25.4. The van der Waals surface area contributed by atoms with Crippen LogP contribution in [0.2, 0.25) is 0 Å². The molecule has 180 valence electrons. The molecule has 0 bridgehead atoms. The summed E-state index contributed by atoms with van der Waals surface area (Å²) >= 11 is 0. The zero-order valence-electron chi connectivity index (χ0n) is 19.8. The number of methoxy groups -OCH3 is 1. The quantitative estimate of drug-likeness (QED) is 0.158. The number of phenolic OH excluding ortho intramolecular Hbond substituents is 4. The number of phenols is 4. The molecule has 6 heteroatoms. The molecule has 0 heterocycles. The Kier molecular flexibility index (Phi) is 5.78. The summed E-state index contributed by atoms with van der Waals surface area (Å²) in [5, 5.41) is 43.8. The second-order valence-corrected chi connectivity index (χ2v) is 8.56. The summed E-state index contributed by atoms with van der Waals surface area (Å²) in [6.45, 7) is 2.07. The van der Waals surface area contributed by atoms with Gasteiger partial charge in [0.05, 0.1) is 12.7 Å². The van der Waals surface area contributed by atoms with E-state index in [-0.39, 0.29) is 5.56 Å². The van der Waals surface area contributed by atoms with E-state index in [4.69, 9.17) is 4.74 Å². The fourth-order valence-electron chi connectivity index (χ4n) is 4.44. The van der Waals surface area contributed by atoms with Crippen LogP contribution < -0.4 is 9.64 Å². The summed E-state index contributed by atoms with van der Waals surface area (Å²) in [5.74, 6) is -2.86. The molecule has 0 aliphatic carbocycles. The molecule has 0 amide bonds. The average molecular weight is 480 g/mol. The van der Waals surface area contributed by atoms with Crippen LogP contribution in [0.15, 0.2) is 91.0 Å². The van der Waals surface area contributed by atoms with E-state index < -0.39 is 28.7 Å². The Morgan fingerprint density at radius 3 is 1.78 bits per heavy atom. The van der Waals surface area contributed by atoms with Gasteiger partial charge in [0, 0.05) is 17.1 Å². The second kappa shape index (κ2) is 9.07. The van der Waals surface area contributed by atoms with E-state index >= 15 is 0 Å². The molecule has 0 saturated carbocycles. The van der Waals surface area contributed by atoms with Gasteiger partial charge in [-0.3, -0.25) is 0 Å². The van der Waals surface area contributed by atoms with Crippen LogP contribution >= 0.6 is 0 Å². The van der Waals surface area contributed by atoms with E-state index in [1.807, 2.05) is 42.5 Å². The highest BCUT2D eigenvalue weighted by Gasteiger charge is 2.25. The van der Waals surface area contributed by atoms with Crippen molar-refractivity contribution in [2.45, 2.75) is 6.92 Å². The van der Waals surface area contributed by atoms with Crippen LogP contribution in [0, 0.1) is 6.92 Å². The molecule has 0 saturated heterocycles. The molecule has 4 N–H and O–H groups in total. The summed E-state index contributed by atoms with van der Waals surface area (Å²) in [7, 11) is 1.22. The Bertz CT molecular complexity index is 1530. The van der Waals surface area contributed by atoms with Crippen LogP contribution in [0.25, 0.3) is 21.9 Å². The predicted octanol–water partition coefficient (Wildman–Crippen LogP) is 7.12. The fraction of sp³-hybridized carbons (Fsp3) is 0.0667. The maximum atomic E-state index is 10.5. The first-order valence-corrected chi connectivity index (χ1v) is 11.4. The lowest BCUT2D eigenvalue weighted by molar-refractivity contribution is 0.316. The minimum atomic E-state index is -0.649. The van der Waals surface area contributed by atoms with Gasteiger partial charge in [-0.05, 0) is 59.7 Å². The number of benzene rings is 5. The van der Waals surface area contributed by atoms with Gasteiger partial charge in [0.1, 0.15) is 0 Å². The molecule has 5 rings (SSSR count). The highest BCUT2D eigenvalue weighted by Crippen LogP contribution is 2.55. The van der Waals surface area contributed by atoms with Gasteiger partial charge in [-0.15, -0.1) is 0 Å². The number of fused-ring (bicyclic) bond motifs is 1. The van der Waals surface area contributed by atoms with Crippen molar-refractivity contribution in [3.8, 4) is 39.9 Å². The van der Waals surface area contributed by atoms with E-state index in [0.29, 0.717) is 5.56 Å². The zero-order valence-corrected chi connectivity index (χ0v) is 19.8. The van der Waals surface area contributed by atoms with Crippen molar-refractivity contribution < 1.29 is 25.2 Å². The molecular weight excluding hydrogens is 454 g/mol. The highest BCUT2D eigenvalue weighted by atomic mass is 16.5. The van der Waals surface area contributed by atoms with E-state index in [9.17, 15) is 20.4 Å². The van der Waals surface area contributed by atoms with Crippen molar-refractivity contribution in [1.82, 2.24) is 0 Å². The predicted molar refractivity (Wildman–Crippen MR) is 142 cm³/mol. The number of para-hydroxylation sites is 1. The molecule has 36 heavy (non-hydrogen) atoms. The Balaban J connectivity index is 1.62. The third-order valence-electron chi connectivity index (χ3n) is 6.22. The van der Waals surface area contributed by atoms with Gasteiger partial charge < -0.3 is 30.1 Å². The van der Waals surface area contributed by atoms with E-state index in [1.54, 1.807) is 12.1 Å². The molecule has 0 fully saturated rings. The Labute approximate surface area is 208 Å². The van der Waals surface area contributed by atoms with Crippen molar-refractivity contribution in [3.05, 3.63) is 96.6 Å². The van der Waals surface area contributed by atoms with E-state index in [1.165, 1.54) is 12.7 Å². The first-order valence-electron chi connectivity index (χ1n) is 11.4. The van der Waals surface area contributed by atoms with E-state index in [2.05, 4.69) is 48.2 Å². The van der Waals surface area contributed by atoms with Crippen molar-refractivity contribution in [2.24, 2.45) is 0 Å². The largest absolute Gasteiger partial charge is 0.504 e. The molecular formula is C30H25NO5. The first-order chi connectivity index (χ1) is 17.4. The Morgan fingerprint density at radius 2 is 1.14 bits per heavy atom. The maximum absolute atomic E-state index is 10.5. The lowest BCUT2D eigenvalue weighted by Gasteiger charge is -2.26. The van der Waals surface area contributed by atoms with Gasteiger partial charge >= 0.3 is 0 Å². The topological polar surface area (TPSA) is 93.4 Å². The lowest BCUT2D eigenvalue weighted by Crippen LogP contribution is -2.09. The highest BCUT2D eigenvalue weighted by molar-refractivity contribution is 5.90. The molecule has 0 radical (unpaired) electrons. The average Bonchev–Trinajstić information content (AvgIpc) is 2.90. The van der Waals surface area contributed by atoms with Gasteiger partial charge in [-0.25, -0.2) is 0 Å². The second-order valence-electron chi connectivity index (χ2n) is 8.56. The van der Waals surface area contributed by atoms with Gasteiger partial charge in [0.15, 0.2) is 11.5 Å². The number of rotatable bonds is 5. The smallest absolute Gasteiger partial charge is 0.210 e. The normalized spacial score (nSPS) is 10.9. The number of aryl methyl sites for hydroxylation is 1. The number of hydrogen-bond donors (Lipinski definition) is 4. The first kappa shape index (κ1) is 22.9. The summed E-state index contributed by atoms with van der Waals surface area (Å²) in [4.78, 5) is 2.10. The van der Waals surface area contributed by atoms with Crippen LogP contribution in [0.5, 0.6) is 28.7 Å². The third-order valence-corrected chi connectivity index (χ3v) is 6.22. The van der Waals surface area contributed by atoms with Crippen molar-refractivity contribution in [3.63, 3.8) is 0 Å². The molecule has 0 aromatic heterocycles. The lowest BCUT2D eigenvalue weighted by atomic mass is 10.0. The van der Waals surface area contributed by atoms with Crippen LogP contribution in [0.4, 0.5) is 17.1 Å². The van der Waals surface area contributed by atoms with Crippen LogP contribution in [-0.2, 0) is 0 Å². The molecule has 0 spiro atoms. The van der Waals surface area contributed by atoms with Crippen LogP contribution in [0.1, 0.15) is 5.56 Å². The molecule has 5 aromatic carbocycles. The number of anilines is 3. The molecule has 5 aromatic rings. The molecule has 6 nitrogen and oxygen atoms in total. The fourth-order valence-corrected chi connectivity index (χ4v) is 4.44. The van der Waals surface area contributed by atoms with E-state index in [0.717, 1.165) is 27.8 Å². The summed E-state index contributed by atoms with van der Waals surface area (Å²) in [6, 6.07) is 29.7. The van der Waals surface area contributed by atoms with Crippen LogP contribution in [0.3, 0.4) is 0 Å². The summed E-state index contributed by atoms with van der Waals surface area (Å²) in [5.41, 5.74) is 4.29. The van der Waals surface area contributed by atoms with Crippen molar-refractivity contribution in [2.75, 3.05) is 12.0 Å². The van der Waals surface area contributed by atoms with Crippen LogP contribution in [-0.4, -0.2) is 27.5 Å². The Morgan fingerprint density at radius 1 is 0.583 bits per heavy atom.